The predicted octanol–water partition coefficient (Wildman–Crippen LogP) is 3.06. The minimum Gasteiger partial charge on any atom is -0.303 e. The van der Waals surface area contributed by atoms with E-state index in [1.165, 1.54) is 17.5 Å². The summed E-state index contributed by atoms with van der Waals surface area (Å²) in [5, 5.41) is 13.4. The maximum absolute atomic E-state index is 9.87. The van der Waals surface area contributed by atoms with E-state index in [0.29, 0.717) is 0 Å². The standard InChI is InChI=1S/C18H27N3/c1-3-21(4-2)14-13-20-18(15-19)12-8-7-10-16-9-5-6-11-17(16)18/h5-6,9,11,20H,3-4,7-8,10,12-14H2,1-2H3. The van der Waals surface area contributed by atoms with E-state index >= 15 is 0 Å². The van der Waals surface area contributed by atoms with Gasteiger partial charge >= 0.3 is 0 Å². The summed E-state index contributed by atoms with van der Waals surface area (Å²) in [4.78, 5) is 2.39. The molecule has 3 nitrogen and oxygen atoms in total. The molecule has 0 spiro atoms. The average molecular weight is 285 g/mol. The zero-order chi connectivity index (χ0) is 15.1. The highest BCUT2D eigenvalue weighted by molar-refractivity contribution is 5.39. The van der Waals surface area contributed by atoms with Crippen LogP contribution in [0.15, 0.2) is 24.3 Å². The summed E-state index contributed by atoms with van der Waals surface area (Å²) >= 11 is 0. The van der Waals surface area contributed by atoms with Gasteiger partial charge in [0.05, 0.1) is 6.07 Å². The van der Waals surface area contributed by atoms with E-state index in [2.05, 4.69) is 54.4 Å². The predicted molar refractivity (Wildman–Crippen MR) is 87.1 cm³/mol. The van der Waals surface area contributed by atoms with Crippen molar-refractivity contribution >= 4 is 0 Å². The Bertz CT molecular complexity index is 487. The van der Waals surface area contributed by atoms with Crippen LogP contribution in [0.1, 0.15) is 44.2 Å². The average Bonchev–Trinajstić information content (AvgIpc) is 2.72. The Labute approximate surface area is 129 Å². The van der Waals surface area contributed by atoms with Gasteiger partial charge < -0.3 is 4.90 Å². The maximum Gasteiger partial charge on any atom is 0.132 e. The third-order valence-electron chi connectivity index (χ3n) is 4.67. The zero-order valence-corrected chi connectivity index (χ0v) is 13.4. The summed E-state index contributed by atoms with van der Waals surface area (Å²) in [6.45, 7) is 8.36. The lowest BCUT2D eigenvalue weighted by atomic mass is 9.85. The van der Waals surface area contributed by atoms with Crippen LogP contribution < -0.4 is 5.32 Å². The molecule has 0 aromatic heterocycles. The van der Waals surface area contributed by atoms with E-state index in [1.807, 2.05) is 0 Å². The fraction of sp³-hybridized carbons (Fsp3) is 0.611. The summed E-state index contributed by atoms with van der Waals surface area (Å²) in [5.41, 5.74) is 2.04. The third-order valence-corrected chi connectivity index (χ3v) is 4.67. The molecule has 1 unspecified atom stereocenters. The minimum atomic E-state index is -0.500. The highest BCUT2D eigenvalue weighted by Gasteiger charge is 2.34. The van der Waals surface area contributed by atoms with Gasteiger partial charge in [-0.1, -0.05) is 38.1 Å². The monoisotopic (exact) mass is 285 g/mol. The van der Waals surface area contributed by atoms with Crippen LogP contribution in [-0.4, -0.2) is 31.1 Å². The lowest BCUT2D eigenvalue weighted by Gasteiger charge is -2.30. The van der Waals surface area contributed by atoms with E-state index in [4.69, 9.17) is 0 Å². The normalized spacial score (nSPS) is 21.6. The number of hydrogen-bond acceptors (Lipinski definition) is 3. The number of benzene rings is 1. The van der Waals surface area contributed by atoms with Crippen molar-refractivity contribution in [3.8, 4) is 6.07 Å². The van der Waals surface area contributed by atoms with Gasteiger partial charge in [0.25, 0.3) is 0 Å². The molecule has 1 N–H and O–H groups in total. The lowest BCUT2D eigenvalue weighted by Crippen LogP contribution is -2.45. The highest BCUT2D eigenvalue weighted by atomic mass is 15.1. The molecular formula is C18H27N3. The van der Waals surface area contributed by atoms with Gasteiger partial charge in [0.2, 0.25) is 0 Å². The quantitative estimate of drug-likeness (QED) is 0.817. The molecule has 2 rings (SSSR count). The molecule has 3 heteroatoms. The van der Waals surface area contributed by atoms with Gasteiger partial charge in [-0.15, -0.1) is 0 Å². The molecular weight excluding hydrogens is 258 g/mol. The Morgan fingerprint density at radius 2 is 2.00 bits per heavy atom. The van der Waals surface area contributed by atoms with Gasteiger partial charge in [0.15, 0.2) is 0 Å². The highest BCUT2D eigenvalue weighted by Crippen LogP contribution is 2.33. The van der Waals surface area contributed by atoms with Crippen molar-refractivity contribution in [2.24, 2.45) is 0 Å². The number of fused-ring (bicyclic) bond motifs is 1. The number of aryl methyl sites for hydroxylation is 1. The Morgan fingerprint density at radius 3 is 2.71 bits per heavy atom. The van der Waals surface area contributed by atoms with Crippen LogP contribution in [0.2, 0.25) is 0 Å². The molecule has 0 radical (unpaired) electrons. The van der Waals surface area contributed by atoms with Crippen LogP contribution in [-0.2, 0) is 12.0 Å². The molecule has 114 valence electrons. The van der Waals surface area contributed by atoms with E-state index in [0.717, 1.165) is 45.4 Å². The SMILES string of the molecule is CCN(CC)CCNC1(C#N)CCCCc2ccccc21. The Hall–Kier alpha value is -1.37. The lowest BCUT2D eigenvalue weighted by molar-refractivity contribution is 0.281. The molecule has 0 amide bonds. The van der Waals surface area contributed by atoms with Crippen LogP contribution >= 0.6 is 0 Å². The van der Waals surface area contributed by atoms with Crippen LogP contribution in [0.3, 0.4) is 0 Å². The van der Waals surface area contributed by atoms with Crippen LogP contribution in [0.25, 0.3) is 0 Å². The van der Waals surface area contributed by atoms with Crippen LogP contribution in [0, 0.1) is 11.3 Å². The Morgan fingerprint density at radius 1 is 1.24 bits per heavy atom. The number of hydrogen-bond donors (Lipinski definition) is 1. The number of rotatable bonds is 6. The third kappa shape index (κ3) is 3.64. The van der Waals surface area contributed by atoms with Crippen LogP contribution in [0.5, 0.6) is 0 Å². The van der Waals surface area contributed by atoms with Crippen molar-refractivity contribution in [1.29, 1.82) is 5.26 Å². The van der Waals surface area contributed by atoms with Gasteiger partial charge in [0, 0.05) is 13.1 Å². The van der Waals surface area contributed by atoms with Crippen molar-refractivity contribution < 1.29 is 0 Å². The van der Waals surface area contributed by atoms with Crippen molar-refractivity contribution in [2.45, 2.75) is 45.1 Å². The van der Waals surface area contributed by atoms with Crippen molar-refractivity contribution in [3.63, 3.8) is 0 Å². The van der Waals surface area contributed by atoms with Gasteiger partial charge in [0.1, 0.15) is 5.54 Å². The maximum atomic E-state index is 9.87. The van der Waals surface area contributed by atoms with Crippen molar-refractivity contribution in [3.05, 3.63) is 35.4 Å². The molecule has 0 saturated carbocycles. The smallest absolute Gasteiger partial charge is 0.132 e. The van der Waals surface area contributed by atoms with E-state index in [1.54, 1.807) is 0 Å². The molecule has 1 aromatic carbocycles. The molecule has 0 bridgehead atoms. The summed E-state index contributed by atoms with van der Waals surface area (Å²) in [6.07, 6.45) is 4.30. The van der Waals surface area contributed by atoms with Gasteiger partial charge in [-0.05, 0) is 49.9 Å². The molecule has 1 atom stereocenters. The Balaban J connectivity index is 2.15. The van der Waals surface area contributed by atoms with Gasteiger partial charge in [-0.25, -0.2) is 0 Å². The summed E-state index contributed by atoms with van der Waals surface area (Å²) in [6, 6.07) is 11.0. The first-order chi connectivity index (χ1) is 10.3. The summed E-state index contributed by atoms with van der Waals surface area (Å²) in [7, 11) is 0. The number of nitrogens with one attached hydrogen (secondary N) is 1. The molecule has 1 aliphatic rings. The summed E-state index contributed by atoms with van der Waals surface area (Å²) < 4.78 is 0. The molecule has 21 heavy (non-hydrogen) atoms. The van der Waals surface area contributed by atoms with Crippen LogP contribution in [0.4, 0.5) is 0 Å². The first-order valence-electron chi connectivity index (χ1n) is 8.22. The molecule has 0 saturated heterocycles. The Kier molecular flexibility index (Phi) is 5.78. The number of nitriles is 1. The fourth-order valence-corrected chi connectivity index (χ4v) is 3.30. The van der Waals surface area contributed by atoms with E-state index < -0.39 is 5.54 Å². The van der Waals surface area contributed by atoms with Gasteiger partial charge in [-0.2, -0.15) is 5.26 Å². The molecule has 0 aliphatic heterocycles. The fourth-order valence-electron chi connectivity index (χ4n) is 3.30. The number of likely N-dealkylation sites (N-methyl/N-ethyl adjacent to an activating group) is 1. The van der Waals surface area contributed by atoms with Gasteiger partial charge in [-0.3, -0.25) is 5.32 Å². The zero-order valence-electron chi connectivity index (χ0n) is 13.4. The minimum absolute atomic E-state index is 0.500. The molecule has 0 fully saturated rings. The molecule has 1 aliphatic carbocycles. The first kappa shape index (κ1) is 16.0. The number of nitrogens with zero attached hydrogens (tertiary/aromatic N) is 2. The summed E-state index contributed by atoms with van der Waals surface area (Å²) in [5.74, 6) is 0. The van der Waals surface area contributed by atoms with Crippen molar-refractivity contribution in [1.82, 2.24) is 10.2 Å². The topological polar surface area (TPSA) is 39.1 Å². The van der Waals surface area contributed by atoms with Crippen molar-refractivity contribution in [2.75, 3.05) is 26.2 Å². The second-order valence-electron chi connectivity index (χ2n) is 5.84. The molecule has 0 heterocycles. The second kappa shape index (κ2) is 7.59. The van der Waals surface area contributed by atoms with E-state index in [9.17, 15) is 5.26 Å². The first-order valence-corrected chi connectivity index (χ1v) is 8.22. The second-order valence-corrected chi connectivity index (χ2v) is 5.84. The largest absolute Gasteiger partial charge is 0.303 e. The van der Waals surface area contributed by atoms with E-state index in [-0.39, 0.29) is 0 Å². The molecule has 1 aromatic rings.